The van der Waals surface area contributed by atoms with Crippen LogP contribution in [0.3, 0.4) is 0 Å². The highest BCUT2D eigenvalue weighted by Gasteiger charge is 2.59. The molecule has 2 aliphatic heterocycles. The number of β-lactam (4-membered cyclic amide) rings is 1. The Kier molecular flexibility index (Phi) is 5.91. The minimum atomic E-state index is -3.86. The van der Waals surface area contributed by atoms with Crippen molar-refractivity contribution in [2.75, 3.05) is 6.61 Å². The summed E-state index contributed by atoms with van der Waals surface area (Å²) >= 11 is 0. The van der Waals surface area contributed by atoms with E-state index in [1.807, 2.05) is 19.1 Å². The Morgan fingerprint density at radius 3 is 2.55 bits per heavy atom. The van der Waals surface area contributed by atoms with Crippen molar-refractivity contribution in [3.8, 4) is 5.75 Å². The van der Waals surface area contributed by atoms with Gasteiger partial charge in [-0.3, -0.25) is 4.79 Å². The Hall–Kier alpha value is -2.99. The van der Waals surface area contributed by atoms with Gasteiger partial charge < -0.3 is 19.8 Å². The second-order valence-corrected chi connectivity index (χ2v) is 9.73. The maximum Gasteiger partial charge on any atom is 0.352 e. The van der Waals surface area contributed by atoms with Gasteiger partial charge in [-0.25, -0.2) is 9.93 Å². The number of carbonyl (C=O) groups excluding carboxylic acids is 1. The summed E-state index contributed by atoms with van der Waals surface area (Å²) < 4.78 is 30.8. The molecule has 1 amide bonds. The summed E-state index contributed by atoms with van der Waals surface area (Å²) in [7, 11) is -3.86. The quantitative estimate of drug-likeness (QED) is 0.409. The Bertz CT molecular complexity index is 1270. The van der Waals surface area contributed by atoms with Crippen molar-refractivity contribution in [3.63, 3.8) is 0 Å². The molecule has 176 valence electrons. The number of nitrogens with one attached hydrogen (secondary N) is 1. The lowest BCUT2D eigenvalue weighted by molar-refractivity contribution is -0.163. The molecule has 10 nitrogen and oxygen atoms in total. The third-order valence-corrected chi connectivity index (χ3v) is 6.88. The standard InChI is InChI=1S/C22H25N3O7S/c1-11-16(20(22(28)29)25-19(11)18(12(2)26)21(25)27)10-32-17-8-4-6-14-13(5-3-7-15(14)17)9-24-33(23,30)31/h3-8,11-12,18-19,24,26H,9-10H2,1-2H3,(H,28,29)(H2,23,30,31)/t11-,12+,18+,19+/m0/s1. The predicted octanol–water partition coefficient (Wildman–Crippen LogP) is 0.708. The van der Waals surface area contributed by atoms with Gasteiger partial charge in [-0.1, -0.05) is 37.3 Å². The SMILES string of the molecule is C[C@@H](O)[C@H]1C(=O)N2C(C(=O)O)=C(COc3cccc4c(CNS(N)(=O)=O)cccc34)[C@H](C)[C@H]12. The van der Waals surface area contributed by atoms with Crippen molar-refractivity contribution < 1.29 is 33.0 Å². The minimum Gasteiger partial charge on any atom is -0.488 e. The molecule has 0 radical (unpaired) electrons. The highest BCUT2D eigenvalue weighted by molar-refractivity contribution is 7.87. The average molecular weight is 476 g/mol. The summed E-state index contributed by atoms with van der Waals surface area (Å²) in [6, 6.07) is 10.2. The van der Waals surface area contributed by atoms with E-state index in [0.717, 1.165) is 10.8 Å². The summed E-state index contributed by atoms with van der Waals surface area (Å²) in [5.74, 6) is -2.06. The van der Waals surface area contributed by atoms with Gasteiger partial charge in [0, 0.05) is 23.4 Å². The van der Waals surface area contributed by atoms with E-state index in [4.69, 9.17) is 9.88 Å². The van der Waals surface area contributed by atoms with Crippen molar-refractivity contribution in [2.24, 2.45) is 17.0 Å². The fourth-order valence-electron chi connectivity index (χ4n) is 4.79. The molecule has 0 aliphatic carbocycles. The second kappa shape index (κ2) is 8.41. The van der Waals surface area contributed by atoms with Crippen LogP contribution in [-0.2, 0) is 26.3 Å². The van der Waals surface area contributed by atoms with Crippen LogP contribution in [0, 0.1) is 11.8 Å². The van der Waals surface area contributed by atoms with Crippen LogP contribution in [0.5, 0.6) is 5.75 Å². The minimum absolute atomic E-state index is 0.00442. The zero-order valence-corrected chi connectivity index (χ0v) is 18.9. The molecule has 0 unspecified atom stereocenters. The number of aliphatic hydroxyl groups excluding tert-OH is 1. The number of aliphatic hydroxyl groups is 1. The zero-order valence-electron chi connectivity index (χ0n) is 18.1. The van der Waals surface area contributed by atoms with E-state index in [9.17, 15) is 28.2 Å². The van der Waals surface area contributed by atoms with E-state index >= 15 is 0 Å². The smallest absolute Gasteiger partial charge is 0.352 e. The van der Waals surface area contributed by atoms with Crippen molar-refractivity contribution in [3.05, 3.63) is 53.2 Å². The first-order valence-corrected chi connectivity index (χ1v) is 11.9. The number of carbonyl (C=O) groups is 2. The number of rotatable bonds is 8. The molecule has 0 aromatic heterocycles. The summed E-state index contributed by atoms with van der Waals surface area (Å²) in [6.07, 6.45) is -0.876. The Morgan fingerprint density at radius 2 is 1.91 bits per heavy atom. The van der Waals surface area contributed by atoms with Crippen molar-refractivity contribution in [1.29, 1.82) is 0 Å². The monoisotopic (exact) mass is 475 g/mol. The lowest BCUT2D eigenvalue weighted by Gasteiger charge is -2.46. The Labute approximate surface area is 190 Å². The van der Waals surface area contributed by atoms with Gasteiger partial charge >= 0.3 is 5.97 Å². The van der Waals surface area contributed by atoms with E-state index in [2.05, 4.69) is 4.72 Å². The Balaban J connectivity index is 1.62. The second-order valence-electron chi connectivity index (χ2n) is 8.36. The maximum absolute atomic E-state index is 12.5. The summed E-state index contributed by atoms with van der Waals surface area (Å²) in [6.45, 7) is 3.31. The van der Waals surface area contributed by atoms with Crippen LogP contribution < -0.4 is 14.6 Å². The summed E-state index contributed by atoms with van der Waals surface area (Å²) in [5.41, 5.74) is 1.09. The van der Waals surface area contributed by atoms with Crippen LogP contribution in [0.25, 0.3) is 10.8 Å². The maximum atomic E-state index is 12.5. The number of aliphatic carboxylic acids is 1. The number of ether oxygens (including phenoxy) is 1. The van der Waals surface area contributed by atoms with Gasteiger partial charge in [-0.05, 0) is 23.9 Å². The van der Waals surface area contributed by atoms with Gasteiger partial charge in [0.1, 0.15) is 18.1 Å². The van der Waals surface area contributed by atoms with Crippen LogP contribution >= 0.6 is 0 Å². The fraction of sp³-hybridized carbons (Fsp3) is 0.364. The van der Waals surface area contributed by atoms with Crippen LogP contribution in [0.4, 0.5) is 0 Å². The molecule has 1 fully saturated rings. The van der Waals surface area contributed by atoms with Gasteiger partial charge in [-0.2, -0.15) is 13.1 Å². The molecule has 0 bridgehead atoms. The van der Waals surface area contributed by atoms with Gasteiger partial charge in [0.25, 0.3) is 10.2 Å². The van der Waals surface area contributed by atoms with Gasteiger partial charge in [0.05, 0.1) is 18.1 Å². The Morgan fingerprint density at radius 1 is 1.24 bits per heavy atom. The third kappa shape index (κ3) is 4.08. The van der Waals surface area contributed by atoms with Crippen LogP contribution in [0.1, 0.15) is 19.4 Å². The number of fused-ring (bicyclic) bond motifs is 2. The first-order valence-electron chi connectivity index (χ1n) is 10.4. The molecule has 2 heterocycles. The topological polar surface area (TPSA) is 159 Å². The third-order valence-electron chi connectivity index (χ3n) is 6.34. The van der Waals surface area contributed by atoms with E-state index in [1.54, 1.807) is 24.3 Å². The molecule has 0 spiro atoms. The highest BCUT2D eigenvalue weighted by Crippen LogP contribution is 2.47. The summed E-state index contributed by atoms with van der Waals surface area (Å²) in [5, 5.41) is 26.2. The van der Waals surface area contributed by atoms with Gasteiger partial charge in [0.2, 0.25) is 5.91 Å². The zero-order chi connectivity index (χ0) is 24.1. The first-order chi connectivity index (χ1) is 15.5. The molecule has 33 heavy (non-hydrogen) atoms. The lowest BCUT2D eigenvalue weighted by atomic mass is 9.78. The largest absolute Gasteiger partial charge is 0.488 e. The van der Waals surface area contributed by atoms with Crippen LogP contribution in [-0.4, -0.2) is 54.2 Å². The molecule has 0 saturated carbocycles. The number of benzene rings is 2. The van der Waals surface area contributed by atoms with Crippen molar-refractivity contribution in [1.82, 2.24) is 9.62 Å². The normalized spacial score (nSPS) is 23.5. The molecular weight excluding hydrogens is 450 g/mol. The molecule has 1 saturated heterocycles. The molecular formula is C22H25N3O7S. The number of carboxylic acids is 1. The van der Waals surface area contributed by atoms with E-state index < -0.39 is 40.1 Å². The van der Waals surface area contributed by atoms with E-state index in [1.165, 1.54) is 11.8 Å². The van der Waals surface area contributed by atoms with Crippen molar-refractivity contribution in [2.45, 2.75) is 32.5 Å². The molecule has 5 N–H and O–H groups in total. The number of amides is 1. The fourth-order valence-corrected chi connectivity index (χ4v) is 5.15. The van der Waals surface area contributed by atoms with Crippen molar-refractivity contribution >= 4 is 32.9 Å². The molecule has 2 aromatic carbocycles. The average Bonchev–Trinajstić information content (AvgIpc) is 2.98. The number of carboxylic acid groups (broad SMARTS) is 1. The number of hydrogen-bond acceptors (Lipinski definition) is 6. The first kappa shape index (κ1) is 23.2. The lowest BCUT2D eigenvalue weighted by Crippen LogP contribution is -2.63. The highest BCUT2D eigenvalue weighted by atomic mass is 32.2. The molecule has 2 aliphatic rings. The predicted molar refractivity (Wildman–Crippen MR) is 119 cm³/mol. The molecule has 11 heteroatoms. The number of nitrogens with zero attached hydrogens (tertiary/aromatic N) is 1. The summed E-state index contributed by atoms with van der Waals surface area (Å²) in [4.78, 5) is 25.7. The molecule has 2 aromatic rings. The van der Waals surface area contributed by atoms with Crippen LogP contribution in [0.15, 0.2) is 47.7 Å². The molecule has 4 atom stereocenters. The number of nitrogens with two attached hydrogens (primary N) is 1. The van der Waals surface area contributed by atoms with E-state index in [0.29, 0.717) is 16.9 Å². The van der Waals surface area contributed by atoms with Crippen LogP contribution in [0.2, 0.25) is 0 Å². The van der Waals surface area contributed by atoms with E-state index in [-0.39, 0.29) is 24.8 Å². The van der Waals surface area contributed by atoms with Gasteiger partial charge in [0.15, 0.2) is 0 Å². The number of hydrogen-bond donors (Lipinski definition) is 4. The van der Waals surface area contributed by atoms with Gasteiger partial charge in [-0.15, -0.1) is 0 Å². The molecule has 4 rings (SSSR count).